The van der Waals surface area contributed by atoms with Crippen molar-refractivity contribution in [2.75, 3.05) is 32.7 Å². The second-order valence-corrected chi connectivity index (χ2v) is 5.24. The summed E-state index contributed by atoms with van der Waals surface area (Å²) in [6.07, 6.45) is 6.71. The van der Waals surface area contributed by atoms with E-state index < -0.39 is 0 Å². The minimum atomic E-state index is 1.17. The summed E-state index contributed by atoms with van der Waals surface area (Å²) in [4.78, 5) is 2.59. The lowest BCUT2D eigenvalue weighted by molar-refractivity contribution is 0.236. The summed E-state index contributed by atoms with van der Waals surface area (Å²) in [6.45, 7) is 6.13. The van der Waals surface area contributed by atoms with Gasteiger partial charge in [-0.25, -0.2) is 0 Å². The average molecular weight is 246 g/mol. The van der Waals surface area contributed by atoms with Gasteiger partial charge in [0.15, 0.2) is 0 Å². The molecule has 0 spiro atoms. The minimum absolute atomic E-state index is 1.17. The van der Waals surface area contributed by atoms with E-state index in [4.69, 9.17) is 0 Å². The van der Waals surface area contributed by atoms with E-state index in [1.54, 1.807) is 0 Å². The van der Waals surface area contributed by atoms with Crippen molar-refractivity contribution in [2.45, 2.75) is 32.1 Å². The van der Waals surface area contributed by atoms with Crippen LogP contribution in [0.1, 0.15) is 31.2 Å². The van der Waals surface area contributed by atoms with Gasteiger partial charge in [0.2, 0.25) is 0 Å². The first-order valence-electron chi connectivity index (χ1n) is 7.42. The van der Waals surface area contributed by atoms with Crippen molar-refractivity contribution in [1.29, 1.82) is 0 Å². The summed E-state index contributed by atoms with van der Waals surface area (Å²) < 4.78 is 0. The van der Waals surface area contributed by atoms with Crippen molar-refractivity contribution < 1.29 is 0 Å². The van der Waals surface area contributed by atoms with E-state index in [9.17, 15) is 0 Å². The molecule has 2 nitrogen and oxygen atoms in total. The third-order valence-electron chi connectivity index (χ3n) is 3.74. The lowest BCUT2D eigenvalue weighted by Crippen LogP contribution is -2.43. The molecule has 0 atom stereocenters. The molecule has 0 amide bonds. The number of piperazine rings is 1. The summed E-state index contributed by atoms with van der Waals surface area (Å²) in [6, 6.07) is 10.8. The first-order chi connectivity index (χ1) is 8.95. The maximum absolute atomic E-state index is 3.40. The summed E-state index contributed by atoms with van der Waals surface area (Å²) in [7, 11) is 0. The van der Waals surface area contributed by atoms with Crippen molar-refractivity contribution in [3.63, 3.8) is 0 Å². The smallest absolute Gasteiger partial charge is 0.0107 e. The molecule has 2 rings (SSSR count). The van der Waals surface area contributed by atoms with Crippen LogP contribution in [0.25, 0.3) is 0 Å². The molecule has 1 saturated heterocycles. The summed E-state index contributed by atoms with van der Waals surface area (Å²) in [5.74, 6) is 0. The summed E-state index contributed by atoms with van der Waals surface area (Å²) in [5, 5.41) is 3.40. The number of nitrogens with zero attached hydrogens (tertiary/aromatic N) is 1. The number of aryl methyl sites for hydroxylation is 1. The van der Waals surface area contributed by atoms with Gasteiger partial charge in [-0.3, -0.25) is 0 Å². The maximum atomic E-state index is 3.40. The standard InChI is InChI=1S/C16H26N2/c1(4-8-16-9-5-3-6-10-16)2-7-13-18-14-11-17-12-15-18/h3,5-6,9-10,17H,1-2,4,7-8,11-15H2. The van der Waals surface area contributed by atoms with E-state index >= 15 is 0 Å². The average Bonchev–Trinajstić information content (AvgIpc) is 2.45. The zero-order chi connectivity index (χ0) is 12.5. The molecule has 1 heterocycles. The van der Waals surface area contributed by atoms with Crippen LogP contribution in [0.2, 0.25) is 0 Å². The fraction of sp³-hybridized carbons (Fsp3) is 0.625. The first-order valence-corrected chi connectivity index (χ1v) is 7.42. The topological polar surface area (TPSA) is 15.3 Å². The van der Waals surface area contributed by atoms with Gasteiger partial charge in [0.25, 0.3) is 0 Å². The fourth-order valence-electron chi connectivity index (χ4n) is 2.60. The molecular weight excluding hydrogens is 220 g/mol. The number of benzene rings is 1. The number of hydrogen-bond acceptors (Lipinski definition) is 2. The Kier molecular flexibility index (Phi) is 6.24. The molecule has 1 fully saturated rings. The van der Waals surface area contributed by atoms with E-state index in [0.717, 1.165) is 0 Å². The van der Waals surface area contributed by atoms with E-state index in [1.807, 2.05) is 0 Å². The molecule has 1 aliphatic rings. The number of nitrogens with one attached hydrogen (secondary N) is 1. The Labute approximate surface area is 111 Å². The second-order valence-electron chi connectivity index (χ2n) is 5.24. The molecule has 18 heavy (non-hydrogen) atoms. The highest BCUT2D eigenvalue weighted by Gasteiger charge is 2.07. The van der Waals surface area contributed by atoms with Gasteiger partial charge in [-0.1, -0.05) is 43.2 Å². The Morgan fingerprint density at radius 2 is 1.61 bits per heavy atom. The molecule has 1 aromatic rings. The highest BCUT2D eigenvalue weighted by Crippen LogP contribution is 2.08. The van der Waals surface area contributed by atoms with Crippen molar-refractivity contribution in [2.24, 2.45) is 0 Å². The van der Waals surface area contributed by atoms with Crippen LogP contribution >= 0.6 is 0 Å². The Balaban J connectivity index is 1.46. The maximum Gasteiger partial charge on any atom is 0.0107 e. The van der Waals surface area contributed by atoms with Gasteiger partial charge < -0.3 is 10.2 Å². The zero-order valence-electron chi connectivity index (χ0n) is 11.4. The van der Waals surface area contributed by atoms with E-state index in [1.165, 1.54) is 70.4 Å². The normalized spacial score (nSPS) is 16.9. The molecule has 0 aliphatic carbocycles. The lowest BCUT2D eigenvalue weighted by Gasteiger charge is -2.27. The molecule has 100 valence electrons. The van der Waals surface area contributed by atoms with Crippen LogP contribution in [0.3, 0.4) is 0 Å². The zero-order valence-corrected chi connectivity index (χ0v) is 11.4. The van der Waals surface area contributed by atoms with Gasteiger partial charge in [0, 0.05) is 26.2 Å². The molecular formula is C16H26N2. The quantitative estimate of drug-likeness (QED) is 0.744. The Morgan fingerprint density at radius 3 is 2.39 bits per heavy atom. The first kappa shape index (κ1) is 13.6. The predicted octanol–water partition coefficient (Wildman–Crippen LogP) is 2.69. The fourth-order valence-corrected chi connectivity index (χ4v) is 2.60. The molecule has 0 unspecified atom stereocenters. The SMILES string of the molecule is c1ccc(CCCCCCN2CCNCC2)cc1. The highest BCUT2D eigenvalue weighted by atomic mass is 15.2. The largest absolute Gasteiger partial charge is 0.314 e. The van der Waals surface area contributed by atoms with Gasteiger partial charge >= 0.3 is 0 Å². The highest BCUT2D eigenvalue weighted by molar-refractivity contribution is 5.14. The number of hydrogen-bond donors (Lipinski definition) is 1. The Hall–Kier alpha value is -0.860. The van der Waals surface area contributed by atoms with Crippen molar-refractivity contribution >= 4 is 0 Å². The van der Waals surface area contributed by atoms with Gasteiger partial charge in [-0.2, -0.15) is 0 Å². The summed E-state index contributed by atoms with van der Waals surface area (Å²) in [5.41, 5.74) is 1.49. The number of unbranched alkanes of at least 4 members (excludes halogenated alkanes) is 3. The van der Waals surface area contributed by atoms with Crippen molar-refractivity contribution in [1.82, 2.24) is 10.2 Å². The Bertz CT molecular complexity index is 304. The molecule has 1 aromatic carbocycles. The van der Waals surface area contributed by atoms with Crippen LogP contribution in [0, 0.1) is 0 Å². The van der Waals surface area contributed by atoms with E-state index in [0.29, 0.717) is 0 Å². The van der Waals surface area contributed by atoms with Crippen LogP contribution in [-0.4, -0.2) is 37.6 Å². The lowest BCUT2D eigenvalue weighted by atomic mass is 10.1. The number of rotatable bonds is 7. The van der Waals surface area contributed by atoms with Crippen molar-refractivity contribution in [3.05, 3.63) is 35.9 Å². The third-order valence-corrected chi connectivity index (χ3v) is 3.74. The molecule has 0 aromatic heterocycles. The molecule has 0 radical (unpaired) electrons. The minimum Gasteiger partial charge on any atom is -0.314 e. The van der Waals surface area contributed by atoms with Gasteiger partial charge in [0.1, 0.15) is 0 Å². The van der Waals surface area contributed by atoms with Crippen molar-refractivity contribution in [3.8, 4) is 0 Å². The summed E-state index contributed by atoms with van der Waals surface area (Å²) >= 11 is 0. The van der Waals surface area contributed by atoms with E-state index in [2.05, 4.69) is 40.5 Å². The molecule has 1 N–H and O–H groups in total. The van der Waals surface area contributed by atoms with Gasteiger partial charge in [-0.15, -0.1) is 0 Å². The second kappa shape index (κ2) is 8.28. The van der Waals surface area contributed by atoms with E-state index in [-0.39, 0.29) is 0 Å². The van der Waals surface area contributed by atoms with Crippen LogP contribution < -0.4 is 5.32 Å². The molecule has 1 aliphatic heterocycles. The van der Waals surface area contributed by atoms with Crippen LogP contribution in [0.4, 0.5) is 0 Å². The van der Waals surface area contributed by atoms with Crippen LogP contribution in [-0.2, 0) is 6.42 Å². The predicted molar refractivity (Wildman–Crippen MR) is 77.9 cm³/mol. The van der Waals surface area contributed by atoms with Gasteiger partial charge in [-0.05, 0) is 31.4 Å². The van der Waals surface area contributed by atoms with Crippen LogP contribution in [0.5, 0.6) is 0 Å². The monoisotopic (exact) mass is 246 g/mol. The molecule has 2 heteroatoms. The van der Waals surface area contributed by atoms with Gasteiger partial charge in [0.05, 0.1) is 0 Å². The van der Waals surface area contributed by atoms with Crippen LogP contribution in [0.15, 0.2) is 30.3 Å². The third kappa shape index (κ3) is 5.19. The molecule has 0 saturated carbocycles. The Morgan fingerprint density at radius 1 is 0.889 bits per heavy atom. The molecule has 0 bridgehead atoms.